The fourth-order valence-electron chi connectivity index (χ4n) is 2.56. The monoisotopic (exact) mass is 346 g/mol. The highest BCUT2D eigenvalue weighted by Gasteiger charge is 2.21. The minimum Gasteiger partial charge on any atom is -0.350 e. The summed E-state index contributed by atoms with van der Waals surface area (Å²) in [5.74, 6) is -0.0479. The first kappa shape index (κ1) is 20.2. The quantitative estimate of drug-likeness (QED) is 0.797. The highest BCUT2D eigenvalue weighted by atomic mass is 35.5. The fourth-order valence-corrected chi connectivity index (χ4v) is 2.56. The molecule has 0 aliphatic rings. The molecule has 0 aliphatic carbocycles. The molecule has 4 heteroatoms. The summed E-state index contributed by atoms with van der Waals surface area (Å²) in [6.07, 6.45) is 2.44. The Balaban J connectivity index is 0.00000288. The molecule has 0 aliphatic heterocycles. The zero-order chi connectivity index (χ0) is 16.7. The summed E-state index contributed by atoms with van der Waals surface area (Å²) in [6.45, 7) is 4.61. The molecule has 0 saturated carbocycles. The molecule has 1 amide bonds. The van der Waals surface area contributed by atoms with Crippen molar-refractivity contribution in [2.75, 3.05) is 6.54 Å². The molecule has 0 radical (unpaired) electrons. The van der Waals surface area contributed by atoms with Gasteiger partial charge in [-0.25, -0.2) is 0 Å². The van der Waals surface area contributed by atoms with Gasteiger partial charge in [-0.15, -0.1) is 12.4 Å². The Kier molecular flexibility index (Phi) is 7.96. The van der Waals surface area contributed by atoms with Gasteiger partial charge in [0.25, 0.3) is 5.91 Å². The van der Waals surface area contributed by atoms with E-state index in [1.165, 1.54) is 5.56 Å². The molecule has 2 aromatic carbocycles. The van der Waals surface area contributed by atoms with Crippen LogP contribution >= 0.6 is 12.4 Å². The van der Waals surface area contributed by atoms with Crippen molar-refractivity contribution in [1.82, 2.24) is 5.32 Å². The fraction of sp³-hybridized carbons (Fsp3) is 0.350. The van der Waals surface area contributed by atoms with Crippen LogP contribution in [0.1, 0.15) is 48.2 Å². The summed E-state index contributed by atoms with van der Waals surface area (Å²) < 4.78 is 0. The second kappa shape index (κ2) is 9.45. The van der Waals surface area contributed by atoms with Gasteiger partial charge >= 0.3 is 0 Å². The highest BCUT2D eigenvalue weighted by molar-refractivity contribution is 5.95. The average molecular weight is 347 g/mol. The number of benzene rings is 2. The molecule has 0 saturated heterocycles. The molecule has 24 heavy (non-hydrogen) atoms. The minimum atomic E-state index is -0.329. The molecule has 2 aromatic rings. The molecule has 0 bridgehead atoms. The summed E-state index contributed by atoms with van der Waals surface area (Å²) >= 11 is 0. The number of carbonyl (C=O) groups excluding carboxylic acids is 1. The Labute approximate surface area is 151 Å². The van der Waals surface area contributed by atoms with Crippen molar-refractivity contribution in [2.24, 2.45) is 5.73 Å². The van der Waals surface area contributed by atoms with Crippen molar-refractivity contribution in [1.29, 1.82) is 0 Å². The number of rotatable bonds is 7. The van der Waals surface area contributed by atoms with Gasteiger partial charge in [0.2, 0.25) is 0 Å². The number of nitrogens with one attached hydrogen (secondary N) is 1. The number of halogens is 1. The molecule has 0 heterocycles. The van der Waals surface area contributed by atoms with E-state index in [2.05, 4.69) is 31.3 Å². The van der Waals surface area contributed by atoms with Gasteiger partial charge in [-0.2, -0.15) is 0 Å². The van der Waals surface area contributed by atoms with Crippen LogP contribution in [0.2, 0.25) is 0 Å². The number of hydrogen-bond acceptors (Lipinski definition) is 2. The third-order valence-corrected chi connectivity index (χ3v) is 4.51. The Hall–Kier alpha value is -1.84. The molecule has 2 rings (SSSR count). The van der Waals surface area contributed by atoms with Crippen molar-refractivity contribution in [2.45, 2.75) is 38.6 Å². The molecule has 0 atom stereocenters. The topological polar surface area (TPSA) is 55.1 Å². The molecule has 130 valence electrons. The van der Waals surface area contributed by atoms with E-state index in [0.29, 0.717) is 6.54 Å². The molecule has 3 nitrogen and oxygen atoms in total. The van der Waals surface area contributed by atoms with E-state index in [1.807, 2.05) is 42.5 Å². The highest BCUT2D eigenvalue weighted by Crippen LogP contribution is 2.15. The zero-order valence-electron chi connectivity index (χ0n) is 14.4. The van der Waals surface area contributed by atoms with Crippen LogP contribution in [-0.2, 0) is 6.42 Å². The third kappa shape index (κ3) is 5.36. The van der Waals surface area contributed by atoms with Crippen molar-refractivity contribution >= 4 is 18.3 Å². The van der Waals surface area contributed by atoms with E-state index in [1.54, 1.807) is 0 Å². The van der Waals surface area contributed by atoms with Crippen LogP contribution in [0, 0.1) is 0 Å². The maximum absolute atomic E-state index is 12.6. The Morgan fingerprint density at radius 2 is 1.58 bits per heavy atom. The van der Waals surface area contributed by atoms with Crippen LogP contribution in [0.15, 0.2) is 54.6 Å². The maximum Gasteiger partial charge on any atom is 0.251 e. The summed E-state index contributed by atoms with van der Waals surface area (Å²) in [5.41, 5.74) is 8.90. The van der Waals surface area contributed by atoms with E-state index in [-0.39, 0.29) is 23.9 Å². The van der Waals surface area contributed by atoms with Gasteiger partial charge in [0.15, 0.2) is 0 Å². The van der Waals surface area contributed by atoms with Crippen molar-refractivity contribution in [3.63, 3.8) is 0 Å². The normalized spacial score (nSPS) is 10.8. The largest absolute Gasteiger partial charge is 0.350 e. The number of carbonyl (C=O) groups is 1. The van der Waals surface area contributed by atoms with Gasteiger partial charge in [0.05, 0.1) is 0 Å². The number of nitrogens with two attached hydrogens (primary N) is 1. The van der Waals surface area contributed by atoms with E-state index in [4.69, 9.17) is 5.73 Å². The van der Waals surface area contributed by atoms with Crippen LogP contribution in [0.25, 0.3) is 0 Å². The second-order valence-corrected chi connectivity index (χ2v) is 6.07. The van der Waals surface area contributed by atoms with Crippen molar-refractivity contribution < 1.29 is 4.79 Å². The summed E-state index contributed by atoms with van der Waals surface area (Å²) in [7, 11) is 0. The average Bonchev–Trinajstić information content (AvgIpc) is 2.61. The molecule has 0 unspecified atom stereocenters. The predicted molar refractivity (Wildman–Crippen MR) is 103 cm³/mol. The third-order valence-electron chi connectivity index (χ3n) is 4.51. The zero-order valence-corrected chi connectivity index (χ0v) is 15.2. The molecule has 0 aromatic heterocycles. The second-order valence-electron chi connectivity index (χ2n) is 6.07. The van der Waals surface area contributed by atoms with Crippen LogP contribution < -0.4 is 11.1 Å². The van der Waals surface area contributed by atoms with Crippen LogP contribution in [-0.4, -0.2) is 18.0 Å². The first-order chi connectivity index (χ1) is 11.1. The molecular formula is C20H27ClN2O. The predicted octanol–water partition coefficient (Wildman–Crippen LogP) is 3.95. The first-order valence-corrected chi connectivity index (χ1v) is 8.27. The van der Waals surface area contributed by atoms with Crippen LogP contribution in [0.3, 0.4) is 0 Å². The van der Waals surface area contributed by atoms with Gasteiger partial charge in [-0.3, -0.25) is 4.79 Å². The van der Waals surface area contributed by atoms with Crippen LogP contribution in [0.4, 0.5) is 0 Å². The molecule has 3 N–H and O–H groups in total. The Morgan fingerprint density at radius 1 is 1.00 bits per heavy atom. The van der Waals surface area contributed by atoms with Gasteiger partial charge in [-0.05, 0) is 36.5 Å². The lowest BCUT2D eigenvalue weighted by Crippen LogP contribution is -2.49. The molecule has 0 spiro atoms. The molecule has 0 fully saturated rings. The Bertz CT molecular complexity index is 639. The number of hydrogen-bond donors (Lipinski definition) is 2. The van der Waals surface area contributed by atoms with Crippen molar-refractivity contribution in [3.05, 3.63) is 71.3 Å². The lowest BCUT2D eigenvalue weighted by Gasteiger charge is -2.27. The van der Waals surface area contributed by atoms with Gasteiger partial charge in [0.1, 0.15) is 0 Å². The minimum absolute atomic E-state index is 0. The summed E-state index contributed by atoms with van der Waals surface area (Å²) in [4.78, 5) is 12.6. The van der Waals surface area contributed by atoms with Gasteiger partial charge < -0.3 is 11.1 Å². The summed E-state index contributed by atoms with van der Waals surface area (Å²) in [5, 5.41) is 3.00. The van der Waals surface area contributed by atoms with E-state index >= 15 is 0 Å². The lowest BCUT2D eigenvalue weighted by atomic mass is 9.94. The Morgan fingerprint density at radius 3 is 2.21 bits per heavy atom. The van der Waals surface area contributed by atoms with Gasteiger partial charge in [-0.1, -0.05) is 62.4 Å². The SMILES string of the molecule is CCC(N)(CC)CNC(=O)c1ccccc1Cc1ccccc1.Cl. The van der Waals surface area contributed by atoms with Crippen molar-refractivity contribution in [3.8, 4) is 0 Å². The molecular weight excluding hydrogens is 320 g/mol. The van der Waals surface area contributed by atoms with Crippen LogP contribution in [0.5, 0.6) is 0 Å². The maximum atomic E-state index is 12.6. The standard InChI is InChI=1S/C20H26N2O.ClH/c1-3-20(21,4-2)15-22-19(23)18-13-9-8-12-17(18)14-16-10-6-5-7-11-16;/h5-13H,3-4,14-15,21H2,1-2H3,(H,22,23);1H. The lowest BCUT2D eigenvalue weighted by molar-refractivity contribution is 0.0941. The van der Waals surface area contributed by atoms with E-state index in [9.17, 15) is 4.79 Å². The van der Waals surface area contributed by atoms with E-state index < -0.39 is 0 Å². The number of amides is 1. The smallest absolute Gasteiger partial charge is 0.251 e. The van der Waals surface area contributed by atoms with Gasteiger partial charge in [0, 0.05) is 17.6 Å². The summed E-state index contributed by atoms with van der Waals surface area (Å²) in [6, 6.07) is 18.0. The van der Waals surface area contributed by atoms with E-state index in [0.717, 1.165) is 30.4 Å². The first-order valence-electron chi connectivity index (χ1n) is 8.27.